The minimum atomic E-state index is -0.190. The summed E-state index contributed by atoms with van der Waals surface area (Å²) < 4.78 is 3.54. The number of amides is 1. The Morgan fingerprint density at radius 3 is 2.86 bits per heavy atom. The fourth-order valence-corrected chi connectivity index (χ4v) is 4.60. The van der Waals surface area contributed by atoms with Crippen LogP contribution in [0.5, 0.6) is 0 Å². The van der Waals surface area contributed by atoms with Gasteiger partial charge in [0, 0.05) is 42.7 Å². The number of hydrogen-bond acceptors (Lipinski definition) is 6. The molecule has 9 heteroatoms. The third kappa shape index (κ3) is 4.21. The minimum absolute atomic E-state index is 0.190. The lowest BCUT2D eigenvalue weighted by Gasteiger charge is -2.11. The Labute approximate surface area is 202 Å². The molecule has 1 saturated carbocycles. The Morgan fingerprint density at radius 2 is 2.00 bits per heavy atom. The molecule has 1 fully saturated rings. The zero-order valence-corrected chi connectivity index (χ0v) is 19.6. The number of anilines is 1. The molecule has 5 aromatic rings. The first-order valence-corrected chi connectivity index (χ1v) is 11.8. The van der Waals surface area contributed by atoms with E-state index in [1.807, 2.05) is 42.9 Å². The Bertz CT molecular complexity index is 1550. The van der Waals surface area contributed by atoms with Gasteiger partial charge in [-0.3, -0.25) is 14.5 Å². The number of aromatic nitrogens is 6. The lowest BCUT2D eigenvalue weighted by Crippen LogP contribution is -2.27. The van der Waals surface area contributed by atoms with Crippen molar-refractivity contribution < 1.29 is 4.79 Å². The van der Waals surface area contributed by atoms with Gasteiger partial charge in [-0.05, 0) is 37.5 Å². The van der Waals surface area contributed by atoms with Gasteiger partial charge in [0.05, 0.1) is 29.6 Å². The van der Waals surface area contributed by atoms with Gasteiger partial charge in [-0.15, -0.1) is 0 Å². The van der Waals surface area contributed by atoms with Gasteiger partial charge in [0.25, 0.3) is 5.91 Å². The van der Waals surface area contributed by atoms with Gasteiger partial charge >= 0.3 is 0 Å². The number of hydrogen-bond donors (Lipinski definition) is 2. The second-order valence-electron chi connectivity index (χ2n) is 9.12. The third-order valence-corrected chi connectivity index (χ3v) is 6.59. The van der Waals surface area contributed by atoms with Gasteiger partial charge < -0.3 is 10.6 Å². The topological polar surface area (TPSA) is 102 Å². The van der Waals surface area contributed by atoms with Crippen molar-refractivity contribution in [2.45, 2.75) is 25.8 Å². The van der Waals surface area contributed by atoms with Crippen LogP contribution in [-0.2, 0) is 13.6 Å². The van der Waals surface area contributed by atoms with Crippen molar-refractivity contribution in [2.75, 3.05) is 11.9 Å². The normalized spacial score (nSPS) is 17.1. The van der Waals surface area contributed by atoms with Crippen molar-refractivity contribution in [3.05, 3.63) is 83.6 Å². The summed E-state index contributed by atoms with van der Waals surface area (Å²) in [6, 6.07) is 17.9. The second kappa shape index (κ2) is 8.50. The second-order valence-corrected chi connectivity index (χ2v) is 9.12. The van der Waals surface area contributed by atoms with Crippen LogP contribution >= 0.6 is 0 Å². The van der Waals surface area contributed by atoms with E-state index in [-0.39, 0.29) is 5.91 Å². The van der Waals surface area contributed by atoms with Crippen molar-refractivity contribution in [1.29, 1.82) is 0 Å². The van der Waals surface area contributed by atoms with Crippen LogP contribution in [0.1, 0.15) is 39.9 Å². The summed E-state index contributed by atoms with van der Waals surface area (Å²) in [5, 5.41) is 16.3. The summed E-state index contributed by atoms with van der Waals surface area (Å²) >= 11 is 0. The maximum Gasteiger partial charge on any atom is 0.270 e. The van der Waals surface area contributed by atoms with Gasteiger partial charge in [-0.2, -0.15) is 14.7 Å². The van der Waals surface area contributed by atoms with Crippen LogP contribution in [0, 0.1) is 12.8 Å². The number of carbonyl (C=O) groups excluding carboxylic acids is 1. The standard InChI is InChI=1S/C26H26N8O/c1-16-11-19(33(2)32-16)15-27-25-13-23(31-24-9-10-29-34(24)25)26(35)28-14-18-12-20(18)22-8-7-17-5-3-4-6-21(17)30-22/h3-11,13,18,20,27H,12,14-15H2,1-2H3,(H,28,35)/t18?,20-/m0/s1. The molecule has 4 heterocycles. The van der Waals surface area contributed by atoms with Crippen molar-refractivity contribution in [3.63, 3.8) is 0 Å². The highest BCUT2D eigenvalue weighted by molar-refractivity contribution is 5.93. The van der Waals surface area contributed by atoms with Gasteiger partial charge in [-0.25, -0.2) is 4.98 Å². The molecule has 176 valence electrons. The van der Waals surface area contributed by atoms with Crippen LogP contribution < -0.4 is 10.6 Å². The van der Waals surface area contributed by atoms with Crippen molar-refractivity contribution in [2.24, 2.45) is 13.0 Å². The average molecular weight is 467 g/mol. The predicted octanol–water partition coefficient (Wildman–Crippen LogP) is 3.47. The monoisotopic (exact) mass is 466 g/mol. The van der Waals surface area contributed by atoms with E-state index in [2.05, 4.69) is 44.0 Å². The smallest absolute Gasteiger partial charge is 0.270 e. The number of pyridine rings is 1. The minimum Gasteiger partial charge on any atom is -0.364 e. The molecule has 0 aliphatic heterocycles. The summed E-state index contributed by atoms with van der Waals surface area (Å²) in [6.45, 7) is 3.12. The molecule has 4 aromatic heterocycles. The number of nitrogens with one attached hydrogen (secondary N) is 2. The summed E-state index contributed by atoms with van der Waals surface area (Å²) in [7, 11) is 1.91. The molecule has 1 aliphatic rings. The predicted molar refractivity (Wildman–Crippen MR) is 133 cm³/mol. The van der Waals surface area contributed by atoms with E-state index in [1.54, 1.807) is 22.8 Å². The quantitative estimate of drug-likeness (QED) is 0.381. The van der Waals surface area contributed by atoms with E-state index in [1.165, 1.54) is 0 Å². The first-order valence-electron chi connectivity index (χ1n) is 11.8. The molecule has 9 nitrogen and oxygen atoms in total. The van der Waals surface area contributed by atoms with Crippen molar-refractivity contribution in [1.82, 2.24) is 34.7 Å². The summed E-state index contributed by atoms with van der Waals surface area (Å²) in [5.41, 5.74) is 5.08. The molecule has 6 rings (SSSR count). The molecule has 1 unspecified atom stereocenters. The Balaban J connectivity index is 1.13. The number of para-hydroxylation sites is 1. The molecule has 0 saturated heterocycles. The van der Waals surface area contributed by atoms with Crippen molar-refractivity contribution >= 4 is 28.3 Å². The lowest BCUT2D eigenvalue weighted by atomic mass is 10.1. The number of carbonyl (C=O) groups is 1. The average Bonchev–Trinajstić information content (AvgIpc) is 3.35. The fraction of sp³-hybridized carbons (Fsp3) is 0.269. The van der Waals surface area contributed by atoms with E-state index in [0.717, 1.165) is 34.4 Å². The van der Waals surface area contributed by atoms with E-state index >= 15 is 0 Å². The number of fused-ring (bicyclic) bond motifs is 2. The molecule has 2 atom stereocenters. The van der Waals surface area contributed by atoms with Gasteiger partial charge in [0.2, 0.25) is 0 Å². The molecule has 1 amide bonds. The van der Waals surface area contributed by atoms with Crippen molar-refractivity contribution in [3.8, 4) is 0 Å². The Morgan fingerprint density at radius 1 is 1.11 bits per heavy atom. The molecule has 2 N–H and O–H groups in total. The zero-order valence-electron chi connectivity index (χ0n) is 19.6. The molecule has 0 radical (unpaired) electrons. The SMILES string of the molecule is Cc1cc(CNc2cc(C(=O)NCC3C[C@@H]3c3ccc4ccccc4n3)nc3ccnn23)n(C)n1. The maximum atomic E-state index is 13.0. The van der Waals surface area contributed by atoms with Crippen LogP contribution in [0.4, 0.5) is 5.82 Å². The van der Waals surface area contributed by atoms with E-state index < -0.39 is 0 Å². The summed E-state index contributed by atoms with van der Waals surface area (Å²) in [6.07, 6.45) is 2.70. The molecule has 35 heavy (non-hydrogen) atoms. The lowest BCUT2D eigenvalue weighted by molar-refractivity contribution is 0.0946. The fourth-order valence-electron chi connectivity index (χ4n) is 4.60. The van der Waals surface area contributed by atoms with Crippen LogP contribution in [0.3, 0.4) is 0 Å². The summed E-state index contributed by atoms with van der Waals surface area (Å²) in [4.78, 5) is 22.3. The molecular formula is C26H26N8O. The highest BCUT2D eigenvalue weighted by Gasteiger charge is 2.39. The van der Waals surface area contributed by atoms with Crippen LogP contribution in [-0.4, -0.2) is 41.8 Å². The molecule has 1 aliphatic carbocycles. The number of nitrogens with zero attached hydrogens (tertiary/aromatic N) is 6. The summed E-state index contributed by atoms with van der Waals surface area (Å²) in [5.74, 6) is 1.28. The molecule has 1 aromatic carbocycles. The third-order valence-electron chi connectivity index (χ3n) is 6.59. The molecule has 0 bridgehead atoms. The Hall–Kier alpha value is -4.27. The van der Waals surface area contributed by atoms with Crippen LogP contribution in [0.25, 0.3) is 16.6 Å². The molecular weight excluding hydrogens is 440 g/mol. The van der Waals surface area contributed by atoms with Gasteiger partial charge in [0.15, 0.2) is 5.65 Å². The maximum absolute atomic E-state index is 13.0. The van der Waals surface area contributed by atoms with Crippen LogP contribution in [0.2, 0.25) is 0 Å². The number of aryl methyl sites for hydroxylation is 2. The first-order chi connectivity index (χ1) is 17.0. The van der Waals surface area contributed by atoms with Gasteiger partial charge in [0.1, 0.15) is 11.5 Å². The van der Waals surface area contributed by atoms with Gasteiger partial charge in [-0.1, -0.05) is 24.3 Å². The van der Waals surface area contributed by atoms with E-state index in [0.29, 0.717) is 42.1 Å². The first kappa shape index (κ1) is 21.3. The number of rotatable bonds is 7. The highest BCUT2D eigenvalue weighted by atomic mass is 16.1. The Kier molecular flexibility index (Phi) is 5.17. The number of benzene rings is 1. The highest BCUT2D eigenvalue weighted by Crippen LogP contribution is 2.46. The largest absolute Gasteiger partial charge is 0.364 e. The zero-order chi connectivity index (χ0) is 23.9. The van der Waals surface area contributed by atoms with E-state index in [9.17, 15) is 4.79 Å². The molecule has 0 spiro atoms. The van der Waals surface area contributed by atoms with E-state index in [4.69, 9.17) is 4.98 Å². The van der Waals surface area contributed by atoms with Crippen LogP contribution in [0.15, 0.2) is 60.8 Å².